The fraction of sp³-hybridized carbons (Fsp3) is 0.417. The van der Waals surface area contributed by atoms with Gasteiger partial charge in [-0.15, -0.1) is 0 Å². The molecule has 0 amide bonds. The minimum Gasteiger partial charge on any atom is -0.488 e. The van der Waals surface area contributed by atoms with Crippen LogP contribution in [0.3, 0.4) is 0 Å². The minimum atomic E-state index is -0.833. The summed E-state index contributed by atoms with van der Waals surface area (Å²) >= 11 is 5.87. The molecule has 4 heteroatoms. The van der Waals surface area contributed by atoms with Crippen LogP contribution in [0.4, 0.5) is 0 Å². The molecule has 1 N–H and O–H groups in total. The highest BCUT2D eigenvalue weighted by atomic mass is 35.5. The number of aliphatic carboxylic acids is 1. The molecule has 0 saturated carbocycles. The van der Waals surface area contributed by atoms with E-state index in [4.69, 9.17) is 16.3 Å². The number of benzene rings is 1. The molecule has 0 bridgehead atoms. The van der Waals surface area contributed by atoms with E-state index in [-0.39, 0.29) is 0 Å². The molecule has 0 fully saturated rings. The molecular weight excluding hydrogens is 228 g/mol. The molecule has 1 atom stereocenters. The third-order valence-corrected chi connectivity index (χ3v) is 2.96. The van der Waals surface area contributed by atoms with Crippen LogP contribution < -0.4 is 4.74 Å². The second-order valence-electron chi connectivity index (χ2n) is 4.64. The molecule has 0 aliphatic carbocycles. The molecule has 86 valence electrons. The maximum absolute atomic E-state index is 11.2. The van der Waals surface area contributed by atoms with Crippen LogP contribution in [0.15, 0.2) is 18.2 Å². The Hall–Kier alpha value is -1.22. The summed E-state index contributed by atoms with van der Waals surface area (Å²) in [6.45, 7) is 3.78. The highest BCUT2D eigenvalue weighted by Gasteiger charge is 2.37. The zero-order chi connectivity index (χ0) is 11.9. The minimum absolute atomic E-state index is 0.454. The van der Waals surface area contributed by atoms with Crippen molar-refractivity contribution in [3.63, 3.8) is 0 Å². The van der Waals surface area contributed by atoms with Gasteiger partial charge in [-0.1, -0.05) is 11.6 Å². The van der Waals surface area contributed by atoms with Gasteiger partial charge in [0.25, 0.3) is 0 Å². The Morgan fingerprint density at radius 1 is 1.56 bits per heavy atom. The van der Waals surface area contributed by atoms with Gasteiger partial charge in [0.2, 0.25) is 0 Å². The molecule has 1 aromatic rings. The first kappa shape index (κ1) is 11.3. The molecule has 0 radical (unpaired) electrons. The van der Waals surface area contributed by atoms with Crippen LogP contribution in [-0.4, -0.2) is 16.7 Å². The number of fused-ring (bicyclic) bond motifs is 1. The van der Waals surface area contributed by atoms with Gasteiger partial charge in [-0.3, -0.25) is 4.79 Å². The Labute approximate surface area is 99.0 Å². The first-order chi connectivity index (χ1) is 7.39. The molecule has 1 aliphatic rings. The normalized spacial score (nSPS) is 22.1. The molecule has 0 aromatic heterocycles. The van der Waals surface area contributed by atoms with E-state index in [0.717, 1.165) is 0 Å². The highest BCUT2D eigenvalue weighted by Crippen LogP contribution is 2.41. The molecule has 2 rings (SSSR count). The summed E-state index contributed by atoms with van der Waals surface area (Å²) in [6, 6.07) is 5.11. The average Bonchev–Trinajstić information content (AvgIpc) is 2.16. The van der Waals surface area contributed by atoms with Crippen molar-refractivity contribution in [2.24, 2.45) is 0 Å². The lowest BCUT2D eigenvalue weighted by Gasteiger charge is -2.36. The first-order valence-electron chi connectivity index (χ1n) is 5.10. The summed E-state index contributed by atoms with van der Waals surface area (Å²) in [5.74, 6) is -0.759. The second-order valence-corrected chi connectivity index (χ2v) is 5.08. The number of carbonyl (C=O) groups is 1. The zero-order valence-electron chi connectivity index (χ0n) is 9.16. The largest absolute Gasteiger partial charge is 0.488 e. The smallest absolute Gasteiger partial charge is 0.311 e. The van der Waals surface area contributed by atoms with E-state index in [2.05, 4.69) is 0 Å². The standard InChI is InChI=1S/C12H13ClO3/c1-12(2)6-9(11(14)15)8-5-7(13)3-4-10(8)16-12/h3-5,9H,6H2,1-2H3,(H,14,15). The summed E-state index contributed by atoms with van der Waals surface area (Å²) in [4.78, 5) is 11.2. The molecule has 0 spiro atoms. The number of carboxylic acid groups (broad SMARTS) is 1. The van der Waals surface area contributed by atoms with Gasteiger partial charge < -0.3 is 9.84 Å². The van der Waals surface area contributed by atoms with Gasteiger partial charge in [0, 0.05) is 17.0 Å². The van der Waals surface area contributed by atoms with Gasteiger partial charge in [0.1, 0.15) is 11.4 Å². The molecule has 1 heterocycles. The van der Waals surface area contributed by atoms with E-state index in [0.29, 0.717) is 22.8 Å². The van der Waals surface area contributed by atoms with Gasteiger partial charge in [0.15, 0.2) is 0 Å². The summed E-state index contributed by atoms with van der Waals surface area (Å²) < 4.78 is 5.73. The summed E-state index contributed by atoms with van der Waals surface area (Å²) in [7, 11) is 0. The van der Waals surface area contributed by atoms with Crippen molar-refractivity contribution >= 4 is 17.6 Å². The Kier molecular flexibility index (Phi) is 2.58. The van der Waals surface area contributed by atoms with Crippen molar-refractivity contribution in [3.05, 3.63) is 28.8 Å². The Morgan fingerprint density at radius 2 is 2.25 bits per heavy atom. The van der Waals surface area contributed by atoms with E-state index in [9.17, 15) is 9.90 Å². The number of halogens is 1. The van der Waals surface area contributed by atoms with Gasteiger partial charge in [0.05, 0.1) is 5.92 Å². The molecule has 3 nitrogen and oxygen atoms in total. The third-order valence-electron chi connectivity index (χ3n) is 2.73. The Balaban J connectivity index is 2.51. The van der Waals surface area contributed by atoms with Crippen molar-refractivity contribution < 1.29 is 14.6 Å². The summed E-state index contributed by atoms with van der Waals surface area (Å²) in [5.41, 5.74) is 0.212. The average molecular weight is 241 g/mol. The number of carboxylic acids is 1. The van der Waals surface area contributed by atoms with E-state index < -0.39 is 17.5 Å². The lowest BCUT2D eigenvalue weighted by Crippen LogP contribution is -2.37. The SMILES string of the molecule is CC1(C)CC(C(=O)O)c2cc(Cl)ccc2O1. The lowest BCUT2D eigenvalue weighted by molar-refractivity contribution is -0.140. The monoisotopic (exact) mass is 240 g/mol. The molecule has 16 heavy (non-hydrogen) atoms. The fourth-order valence-electron chi connectivity index (χ4n) is 2.05. The predicted molar refractivity (Wildman–Crippen MR) is 61.2 cm³/mol. The number of hydrogen-bond donors (Lipinski definition) is 1. The maximum Gasteiger partial charge on any atom is 0.311 e. The zero-order valence-corrected chi connectivity index (χ0v) is 9.91. The molecule has 0 saturated heterocycles. The quantitative estimate of drug-likeness (QED) is 0.821. The predicted octanol–water partition coefficient (Wildman–Crippen LogP) is 3.07. The summed E-state index contributed by atoms with van der Waals surface area (Å²) in [5, 5.41) is 9.74. The van der Waals surface area contributed by atoms with Crippen LogP contribution in [-0.2, 0) is 4.79 Å². The van der Waals surface area contributed by atoms with E-state index in [1.54, 1.807) is 18.2 Å². The molecule has 1 aliphatic heterocycles. The van der Waals surface area contributed by atoms with Gasteiger partial charge in [-0.05, 0) is 32.0 Å². The van der Waals surface area contributed by atoms with Gasteiger partial charge in [-0.2, -0.15) is 0 Å². The number of hydrogen-bond acceptors (Lipinski definition) is 2. The van der Waals surface area contributed by atoms with Crippen LogP contribution in [0.2, 0.25) is 5.02 Å². The van der Waals surface area contributed by atoms with E-state index in [1.807, 2.05) is 13.8 Å². The van der Waals surface area contributed by atoms with Gasteiger partial charge in [-0.25, -0.2) is 0 Å². The van der Waals surface area contributed by atoms with Crippen molar-refractivity contribution in [3.8, 4) is 5.75 Å². The van der Waals surface area contributed by atoms with Crippen molar-refractivity contribution in [1.29, 1.82) is 0 Å². The van der Waals surface area contributed by atoms with Crippen LogP contribution in [0.25, 0.3) is 0 Å². The molecule has 1 unspecified atom stereocenters. The van der Waals surface area contributed by atoms with Crippen LogP contribution >= 0.6 is 11.6 Å². The third kappa shape index (κ3) is 2.00. The topological polar surface area (TPSA) is 46.5 Å². The Bertz CT molecular complexity index is 440. The maximum atomic E-state index is 11.2. The molecular formula is C12H13ClO3. The summed E-state index contributed by atoms with van der Waals surface area (Å²) in [6.07, 6.45) is 0.454. The van der Waals surface area contributed by atoms with Crippen molar-refractivity contribution in [2.75, 3.05) is 0 Å². The second kappa shape index (κ2) is 3.67. The highest BCUT2D eigenvalue weighted by molar-refractivity contribution is 6.30. The lowest BCUT2D eigenvalue weighted by atomic mass is 9.84. The van der Waals surface area contributed by atoms with Crippen LogP contribution in [0, 0.1) is 0 Å². The van der Waals surface area contributed by atoms with Crippen LogP contribution in [0.5, 0.6) is 5.75 Å². The van der Waals surface area contributed by atoms with E-state index in [1.165, 1.54) is 0 Å². The van der Waals surface area contributed by atoms with Crippen molar-refractivity contribution in [2.45, 2.75) is 31.8 Å². The fourth-order valence-corrected chi connectivity index (χ4v) is 2.23. The Morgan fingerprint density at radius 3 is 2.88 bits per heavy atom. The van der Waals surface area contributed by atoms with Crippen molar-refractivity contribution in [1.82, 2.24) is 0 Å². The first-order valence-corrected chi connectivity index (χ1v) is 5.48. The number of ether oxygens (including phenoxy) is 1. The molecule has 1 aromatic carbocycles. The van der Waals surface area contributed by atoms with Crippen LogP contribution in [0.1, 0.15) is 31.7 Å². The number of rotatable bonds is 1. The van der Waals surface area contributed by atoms with E-state index >= 15 is 0 Å². The van der Waals surface area contributed by atoms with Gasteiger partial charge >= 0.3 is 5.97 Å².